The van der Waals surface area contributed by atoms with E-state index in [2.05, 4.69) is 95.1 Å². The van der Waals surface area contributed by atoms with Crippen molar-refractivity contribution in [2.24, 2.45) is 0 Å². The van der Waals surface area contributed by atoms with E-state index in [1.165, 1.54) is 24.8 Å². The van der Waals surface area contributed by atoms with Crippen LogP contribution in [0, 0.1) is 11.8 Å². The van der Waals surface area contributed by atoms with Crippen LogP contribution in [-0.2, 0) is 21.2 Å². The van der Waals surface area contributed by atoms with E-state index in [-0.39, 0.29) is 23.2 Å². The lowest BCUT2D eigenvalue weighted by Crippen LogP contribution is -2.40. The summed E-state index contributed by atoms with van der Waals surface area (Å²) < 4.78 is 29.6. The van der Waals surface area contributed by atoms with E-state index in [0.717, 1.165) is 54.2 Å². The second-order valence-corrected chi connectivity index (χ2v) is 18.9. The van der Waals surface area contributed by atoms with Crippen molar-refractivity contribution in [3.05, 3.63) is 89.5 Å². The standard InChI is InChI=1S/C40H54O5Si/c1-39(2,3)46(6,7)45-27-17-12-10-8-9-11-16-20-37-36-26-25-35(44-31-41-5)28-38(36)43-30-40(37,4)33-21-23-34(24-22-33)42-29-32-18-14-13-15-19-32/h13-15,18-19,21-26,28,37H,8-12,17,27,29-31H2,1-7H3. The SMILES string of the molecule is COCOc1ccc2c(c1)OCC(C)(c1ccc(OCc3ccccc3)cc1)C2C#CCCCCCCCO[Si](C)(C)C(C)(C)C. The molecule has 0 saturated carbocycles. The summed E-state index contributed by atoms with van der Waals surface area (Å²) in [6.07, 6.45) is 6.78. The van der Waals surface area contributed by atoms with Gasteiger partial charge in [-0.2, -0.15) is 0 Å². The van der Waals surface area contributed by atoms with Crippen molar-refractivity contribution < 1.29 is 23.4 Å². The zero-order valence-corrected chi connectivity index (χ0v) is 30.1. The third-order valence-electron chi connectivity index (χ3n) is 9.53. The van der Waals surface area contributed by atoms with Crippen LogP contribution >= 0.6 is 0 Å². The predicted octanol–water partition coefficient (Wildman–Crippen LogP) is 10.0. The molecule has 0 N–H and O–H groups in total. The van der Waals surface area contributed by atoms with E-state index < -0.39 is 8.32 Å². The molecular formula is C40H54O5Si. The Morgan fingerprint density at radius 3 is 2.28 bits per heavy atom. The molecule has 3 aromatic carbocycles. The highest BCUT2D eigenvalue weighted by Crippen LogP contribution is 2.47. The number of fused-ring (bicyclic) bond motifs is 1. The summed E-state index contributed by atoms with van der Waals surface area (Å²) in [7, 11) is -0.0248. The smallest absolute Gasteiger partial charge is 0.191 e. The zero-order chi connectivity index (χ0) is 33.0. The number of benzene rings is 3. The topological polar surface area (TPSA) is 46.2 Å². The molecule has 0 spiro atoms. The molecule has 46 heavy (non-hydrogen) atoms. The maximum atomic E-state index is 6.38. The minimum atomic E-state index is -1.64. The van der Waals surface area contributed by atoms with Gasteiger partial charge in [0.1, 0.15) is 23.9 Å². The van der Waals surface area contributed by atoms with Crippen LogP contribution in [-0.4, -0.2) is 35.4 Å². The molecule has 1 aliphatic rings. The van der Waals surface area contributed by atoms with Gasteiger partial charge >= 0.3 is 0 Å². The Morgan fingerprint density at radius 2 is 1.57 bits per heavy atom. The minimum absolute atomic E-state index is 0.0173. The van der Waals surface area contributed by atoms with Gasteiger partial charge in [0.2, 0.25) is 0 Å². The van der Waals surface area contributed by atoms with Gasteiger partial charge in [-0.15, -0.1) is 5.92 Å². The molecule has 3 aromatic rings. The van der Waals surface area contributed by atoms with Crippen molar-refractivity contribution in [1.29, 1.82) is 0 Å². The van der Waals surface area contributed by atoms with Crippen LogP contribution in [0.3, 0.4) is 0 Å². The highest BCUT2D eigenvalue weighted by molar-refractivity contribution is 6.74. The summed E-state index contributed by atoms with van der Waals surface area (Å²) in [5.74, 6) is 9.63. The normalized spacial score (nSPS) is 17.8. The number of ether oxygens (including phenoxy) is 4. The summed E-state index contributed by atoms with van der Waals surface area (Å²) in [4.78, 5) is 0. The van der Waals surface area contributed by atoms with Gasteiger partial charge in [-0.25, -0.2) is 0 Å². The Bertz CT molecular complexity index is 1420. The summed E-state index contributed by atoms with van der Waals surface area (Å²) >= 11 is 0. The fourth-order valence-electron chi connectivity index (χ4n) is 5.47. The Labute approximate surface area is 279 Å². The molecule has 5 nitrogen and oxygen atoms in total. The van der Waals surface area contributed by atoms with Crippen molar-refractivity contribution in [3.8, 4) is 29.1 Å². The lowest BCUT2D eigenvalue weighted by molar-refractivity contribution is 0.0507. The molecule has 4 rings (SSSR count). The Morgan fingerprint density at radius 1 is 0.870 bits per heavy atom. The van der Waals surface area contributed by atoms with Crippen LogP contribution in [0.25, 0.3) is 0 Å². The van der Waals surface area contributed by atoms with Gasteiger partial charge in [-0.3, -0.25) is 0 Å². The molecule has 1 heterocycles. The maximum absolute atomic E-state index is 6.38. The van der Waals surface area contributed by atoms with Crippen LogP contribution in [0.5, 0.6) is 17.2 Å². The van der Waals surface area contributed by atoms with Crippen molar-refractivity contribution in [2.45, 2.75) is 102 Å². The Hall–Kier alpha value is -3.24. The van der Waals surface area contributed by atoms with Crippen LogP contribution in [0.1, 0.15) is 88.8 Å². The third kappa shape index (κ3) is 9.64. The average Bonchev–Trinajstić information content (AvgIpc) is 3.04. The first-order chi connectivity index (χ1) is 22.0. The molecule has 2 atom stereocenters. The molecule has 0 fully saturated rings. The fraction of sp³-hybridized carbons (Fsp3) is 0.500. The highest BCUT2D eigenvalue weighted by Gasteiger charge is 2.42. The van der Waals surface area contributed by atoms with E-state index >= 15 is 0 Å². The second-order valence-electron chi connectivity index (χ2n) is 14.1. The summed E-state index contributed by atoms with van der Waals surface area (Å²) in [5.41, 5.74) is 3.11. The lowest BCUT2D eigenvalue weighted by atomic mass is 9.68. The van der Waals surface area contributed by atoms with E-state index in [1.54, 1.807) is 7.11 Å². The van der Waals surface area contributed by atoms with Crippen LogP contribution in [0.15, 0.2) is 72.8 Å². The largest absolute Gasteiger partial charge is 0.492 e. The fourth-order valence-corrected chi connectivity index (χ4v) is 6.56. The van der Waals surface area contributed by atoms with E-state index in [9.17, 15) is 0 Å². The minimum Gasteiger partial charge on any atom is -0.492 e. The number of hydrogen-bond donors (Lipinski definition) is 0. The first kappa shape index (κ1) is 35.6. The van der Waals surface area contributed by atoms with Crippen molar-refractivity contribution >= 4 is 8.32 Å². The first-order valence-corrected chi connectivity index (χ1v) is 19.7. The predicted molar refractivity (Wildman–Crippen MR) is 190 cm³/mol. The van der Waals surface area contributed by atoms with Gasteiger partial charge in [0.25, 0.3) is 0 Å². The molecule has 0 radical (unpaired) electrons. The number of unbranched alkanes of at least 4 members (excludes halogenated alkanes) is 5. The quantitative estimate of drug-likeness (QED) is 0.0715. The summed E-state index contributed by atoms with van der Waals surface area (Å²) in [6.45, 7) is 16.0. The number of methoxy groups -OCH3 is 1. The molecule has 248 valence electrons. The summed E-state index contributed by atoms with van der Waals surface area (Å²) in [5, 5.41) is 0.271. The van der Waals surface area contributed by atoms with Crippen molar-refractivity contribution in [3.63, 3.8) is 0 Å². The molecule has 0 saturated heterocycles. The third-order valence-corrected chi connectivity index (χ3v) is 14.1. The molecule has 6 heteroatoms. The van der Waals surface area contributed by atoms with Crippen LogP contribution in [0.2, 0.25) is 18.1 Å². The Kier molecular flexibility index (Phi) is 12.8. The molecule has 0 aliphatic carbocycles. The van der Waals surface area contributed by atoms with Gasteiger partial charge in [-0.1, -0.05) is 101 Å². The summed E-state index contributed by atoms with van der Waals surface area (Å²) in [6, 6.07) is 24.7. The first-order valence-electron chi connectivity index (χ1n) is 16.8. The van der Waals surface area contributed by atoms with E-state index in [0.29, 0.717) is 13.2 Å². The molecule has 0 amide bonds. The molecule has 2 unspecified atom stereocenters. The average molecular weight is 643 g/mol. The van der Waals surface area contributed by atoms with Gasteiger partial charge in [0, 0.05) is 37.2 Å². The molecule has 1 aliphatic heterocycles. The van der Waals surface area contributed by atoms with E-state index in [4.69, 9.17) is 23.4 Å². The molecular weight excluding hydrogens is 589 g/mol. The van der Waals surface area contributed by atoms with Gasteiger partial charge in [0.15, 0.2) is 15.1 Å². The monoisotopic (exact) mass is 642 g/mol. The molecule has 0 aromatic heterocycles. The molecule has 0 bridgehead atoms. The van der Waals surface area contributed by atoms with E-state index in [1.807, 2.05) is 30.3 Å². The van der Waals surface area contributed by atoms with Crippen molar-refractivity contribution in [1.82, 2.24) is 0 Å². The van der Waals surface area contributed by atoms with Gasteiger partial charge in [0.05, 0.1) is 12.5 Å². The maximum Gasteiger partial charge on any atom is 0.191 e. The van der Waals surface area contributed by atoms with Crippen LogP contribution < -0.4 is 14.2 Å². The van der Waals surface area contributed by atoms with Crippen molar-refractivity contribution in [2.75, 3.05) is 27.1 Å². The lowest BCUT2D eigenvalue weighted by Gasteiger charge is -2.40. The Balaban J connectivity index is 1.38. The highest BCUT2D eigenvalue weighted by atomic mass is 28.4. The second kappa shape index (κ2) is 16.5. The van der Waals surface area contributed by atoms with Gasteiger partial charge < -0.3 is 23.4 Å². The van der Waals surface area contributed by atoms with Crippen LogP contribution in [0.4, 0.5) is 0 Å². The van der Waals surface area contributed by atoms with Gasteiger partial charge in [-0.05, 0) is 60.3 Å². The number of rotatable bonds is 15. The number of hydrogen-bond acceptors (Lipinski definition) is 5. The zero-order valence-electron chi connectivity index (χ0n) is 29.1.